The second kappa shape index (κ2) is 6.91. The smallest absolute Gasteiger partial charge is 0.0824 e. The summed E-state index contributed by atoms with van der Waals surface area (Å²) in [5.41, 5.74) is 7.93. The molecule has 1 aromatic rings. The summed E-state index contributed by atoms with van der Waals surface area (Å²) in [5, 5.41) is 0. The average Bonchev–Trinajstić information content (AvgIpc) is 2.32. The number of morpholine rings is 1. The number of halogens is 1. The monoisotopic (exact) mass is 257 g/mol. The Bertz CT molecular complexity index is 331. The molecule has 1 unspecified atom stereocenters. The van der Waals surface area contributed by atoms with Gasteiger partial charge in [0.1, 0.15) is 0 Å². The van der Waals surface area contributed by atoms with Gasteiger partial charge in [0.2, 0.25) is 0 Å². The number of aryl methyl sites for hydroxylation is 1. The molecule has 5 heteroatoms. The van der Waals surface area contributed by atoms with E-state index in [2.05, 4.69) is 22.0 Å². The quantitative estimate of drug-likeness (QED) is 0.877. The molecule has 0 aromatic carbocycles. The Balaban J connectivity index is 0.00000144. The van der Waals surface area contributed by atoms with E-state index in [0.717, 1.165) is 31.9 Å². The predicted molar refractivity (Wildman–Crippen MR) is 70.3 cm³/mol. The number of nitrogens with two attached hydrogens (primary N) is 1. The van der Waals surface area contributed by atoms with E-state index in [9.17, 15) is 0 Å². The highest BCUT2D eigenvalue weighted by Gasteiger charge is 2.18. The van der Waals surface area contributed by atoms with Crippen LogP contribution < -0.4 is 5.73 Å². The summed E-state index contributed by atoms with van der Waals surface area (Å²) in [6.07, 6.45) is 2.13. The number of ether oxygens (including phenoxy) is 1. The lowest BCUT2D eigenvalue weighted by Gasteiger charge is -2.32. The Kier molecular flexibility index (Phi) is 5.85. The maximum absolute atomic E-state index is 5.61. The average molecular weight is 258 g/mol. The SMILES string of the molecule is Cc1ccc(CN2CCOC(CN)C2)cn1.Cl. The van der Waals surface area contributed by atoms with E-state index in [4.69, 9.17) is 10.5 Å². The molecule has 2 N–H and O–H groups in total. The minimum absolute atomic E-state index is 0. The molecule has 2 heterocycles. The molecule has 1 atom stereocenters. The number of pyridine rings is 1. The third-order valence-electron chi connectivity index (χ3n) is 2.86. The Morgan fingerprint density at radius 3 is 3.00 bits per heavy atom. The fourth-order valence-electron chi connectivity index (χ4n) is 1.92. The summed E-state index contributed by atoms with van der Waals surface area (Å²) in [6, 6.07) is 4.19. The van der Waals surface area contributed by atoms with Crippen LogP contribution in [0, 0.1) is 6.92 Å². The fraction of sp³-hybridized carbons (Fsp3) is 0.583. The molecule has 1 fully saturated rings. The summed E-state index contributed by atoms with van der Waals surface area (Å²) in [6.45, 7) is 6.22. The van der Waals surface area contributed by atoms with E-state index >= 15 is 0 Å². The van der Waals surface area contributed by atoms with Gasteiger partial charge < -0.3 is 10.5 Å². The van der Waals surface area contributed by atoms with E-state index in [0.29, 0.717) is 6.54 Å². The molecule has 1 saturated heterocycles. The summed E-state index contributed by atoms with van der Waals surface area (Å²) in [7, 11) is 0. The van der Waals surface area contributed by atoms with Crippen molar-refractivity contribution >= 4 is 12.4 Å². The van der Waals surface area contributed by atoms with E-state index < -0.39 is 0 Å². The standard InChI is InChI=1S/C12H19N3O.ClH/c1-10-2-3-11(7-14-10)8-15-4-5-16-12(6-13)9-15;/h2-3,7,12H,4-6,8-9,13H2,1H3;1H. The first kappa shape index (κ1) is 14.4. The van der Waals surface area contributed by atoms with Gasteiger partial charge >= 0.3 is 0 Å². The van der Waals surface area contributed by atoms with Crippen molar-refractivity contribution < 1.29 is 4.74 Å². The van der Waals surface area contributed by atoms with Crippen molar-refractivity contribution in [2.45, 2.75) is 19.6 Å². The number of aromatic nitrogens is 1. The van der Waals surface area contributed by atoms with Crippen LogP contribution in [0.15, 0.2) is 18.3 Å². The highest BCUT2D eigenvalue weighted by Crippen LogP contribution is 2.09. The number of nitrogens with zero attached hydrogens (tertiary/aromatic N) is 2. The van der Waals surface area contributed by atoms with Gasteiger partial charge in [-0.25, -0.2) is 0 Å². The minimum Gasteiger partial charge on any atom is -0.374 e. The summed E-state index contributed by atoms with van der Waals surface area (Å²) in [5.74, 6) is 0. The molecule has 17 heavy (non-hydrogen) atoms. The number of hydrogen-bond donors (Lipinski definition) is 1. The second-order valence-electron chi connectivity index (χ2n) is 4.27. The van der Waals surface area contributed by atoms with Crippen molar-refractivity contribution in [3.63, 3.8) is 0 Å². The molecular formula is C12H20ClN3O. The molecular weight excluding hydrogens is 238 g/mol. The fourth-order valence-corrected chi connectivity index (χ4v) is 1.92. The molecule has 0 aliphatic carbocycles. The maximum Gasteiger partial charge on any atom is 0.0824 e. The Labute approximate surface area is 109 Å². The van der Waals surface area contributed by atoms with E-state index in [-0.39, 0.29) is 18.5 Å². The number of hydrogen-bond acceptors (Lipinski definition) is 4. The van der Waals surface area contributed by atoms with Gasteiger partial charge in [-0.05, 0) is 18.6 Å². The highest BCUT2D eigenvalue weighted by atomic mass is 35.5. The van der Waals surface area contributed by atoms with Crippen LogP contribution in [0.5, 0.6) is 0 Å². The summed E-state index contributed by atoms with van der Waals surface area (Å²) in [4.78, 5) is 6.67. The van der Waals surface area contributed by atoms with Crippen LogP contribution in [0.4, 0.5) is 0 Å². The van der Waals surface area contributed by atoms with Crippen molar-refractivity contribution in [2.75, 3.05) is 26.2 Å². The first-order valence-electron chi connectivity index (χ1n) is 5.73. The van der Waals surface area contributed by atoms with Gasteiger partial charge in [-0.3, -0.25) is 9.88 Å². The molecule has 1 aromatic heterocycles. The second-order valence-corrected chi connectivity index (χ2v) is 4.27. The molecule has 4 nitrogen and oxygen atoms in total. The molecule has 2 rings (SSSR count). The van der Waals surface area contributed by atoms with Crippen molar-refractivity contribution in [2.24, 2.45) is 5.73 Å². The van der Waals surface area contributed by atoms with Crippen LogP contribution in [0.2, 0.25) is 0 Å². The molecule has 0 amide bonds. The van der Waals surface area contributed by atoms with Crippen LogP contribution in [-0.2, 0) is 11.3 Å². The van der Waals surface area contributed by atoms with Gasteiger partial charge in [0.25, 0.3) is 0 Å². The lowest BCUT2D eigenvalue weighted by atomic mass is 10.2. The molecule has 1 aliphatic rings. The first-order valence-corrected chi connectivity index (χ1v) is 5.73. The van der Waals surface area contributed by atoms with Crippen molar-refractivity contribution in [3.8, 4) is 0 Å². The maximum atomic E-state index is 5.61. The Hall–Kier alpha value is -0.680. The van der Waals surface area contributed by atoms with E-state index in [1.165, 1.54) is 5.56 Å². The van der Waals surface area contributed by atoms with Gasteiger partial charge in [-0.1, -0.05) is 6.07 Å². The van der Waals surface area contributed by atoms with E-state index in [1.807, 2.05) is 13.1 Å². The molecule has 0 bridgehead atoms. The zero-order chi connectivity index (χ0) is 11.4. The van der Waals surface area contributed by atoms with Gasteiger partial charge in [-0.15, -0.1) is 12.4 Å². The third-order valence-corrected chi connectivity index (χ3v) is 2.86. The van der Waals surface area contributed by atoms with Gasteiger partial charge in [0, 0.05) is 38.1 Å². The summed E-state index contributed by atoms with van der Waals surface area (Å²) < 4.78 is 5.53. The third kappa shape index (κ3) is 4.24. The topological polar surface area (TPSA) is 51.4 Å². The van der Waals surface area contributed by atoms with Crippen LogP contribution in [0.3, 0.4) is 0 Å². The van der Waals surface area contributed by atoms with Crippen LogP contribution in [0.25, 0.3) is 0 Å². The lowest BCUT2D eigenvalue weighted by Crippen LogP contribution is -2.45. The lowest BCUT2D eigenvalue weighted by molar-refractivity contribution is -0.0260. The molecule has 0 saturated carbocycles. The molecule has 0 radical (unpaired) electrons. The predicted octanol–water partition coefficient (Wildman–Crippen LogP) is 0.971. The highest BCUT2D eigenvalue weighted by molar-refractivity contribution is 5.85. The minimum atomic E-state index is 0. The van der Waals surface area contributed by atoms with Crippen LogP contribution in [-0.4, -0.2) is 42.2 Å². The van der Waals surface area contributed by atoms with Crippen LogP contribution in [0.1, 0.15) is 11.3 Å². The van der Waals surface area contributed by atoms with Crippen molar-refractivity contribution in [3.05, 3.63) is 29.6 Å². The normalized spacial score (nSPS) is 20.9. The molecule has 1 aliphatic heterocycles. The van der Waals surface area contributed by atoms with Crippen molar-refractivity contribution in [1.82, 2.24) is 9.88 Å². The van der Waals surface area contributed by atoms with E-state index in [1.54, 1.807) is 0 Å². The molecule has 0 spiro atoms. The van der Waals surface area contributed by atoms with Gasteiger partial charge in [-0.2, -0.15) is 0 Å². The Morgan fingerprint density at radius 2 is 2.35 bits per heavy atom. The zero-order valence-electron chi connectivity index (χ0n) is 10.1. The van der Waals surface area contributed by atoms with Gasteiger partial charge in [0.15, 0.2) is 0 Å². The first-order chi connectivity index (χ1) is 7.78. The largest absolute Gasteiger partial charge is 0.374 e. The Morgan fingerprint density at radius 1 is 1.53 bits per heavy atom. The van der Waals surface area contributed by atoms with Gasteiger partial charge in [0.05, 0.1) is 12.7 Å². The molecule has 96 valence electrons. The number of rotatable bonds is 3. The summed E-state index contributed by atoms with van der Waals surface area (Å²) >= 11 is 0. The van der Waals surface area contributed by atoms with Crippen LogP contribution >= 0.6 is 12.4 Å². The zero-order valence-corrected chi connectivity index (χ0v) is 10.9. The van der Waals surface area contributed by atoms with Crippen molar-refractivity contribution in [1.29, 1.82) is 0 Å².